The molecule has 0 radical (unpaired) electrons. The lowest BCUT2D eigenvalue weighted by Gasteiger charge is -2.29. The molecule has 0 spiro atoms. The van der Waals surface area contributed by atoms with E-state index in [-0.39, 0.29) is 17.4 Å². The standard InChI is InChI=1S/C20H24N6O/c1-20(2,3)14-6-4-13(5-7-14)19(27)24-17-11-26-18(23-17)9-8-15(25-26)16-10-21-12-22-16/h4-6,8-12,14-15,25H,7H2,1-3H3,(H,21,22)(H,24,27). The van der Waals surface area contributed by atoms with Gasteiger partial charge in [0.15, 0.2) is 11.6 Å². The van der Waals surface area contributed by atoms with Crippen molar-refractivity contribution in [3.05, 3.63) is 60.1 Å². The van der Waals surface area contributed by atoms with Crippen molar-refractivity contribution in [3.8, 4) is 0 Å². The topological polar surface area (TPSA) is 87.6 Å². The molecule has 0 aromatic carbocycles. The van der Waals surface area contributed by atoms with E-state index >= 15 is 0 Å². The third kappa shape index (κ3) is 3.58. The molecule has 1 aliphatic heterocycles. The van der Waals surface area contributed by atoms with E-state index < -0.39 is 0 Å². The first-order valence-electron chi connectivity index (χ1n) is 9.12. The van der Waals surface area contributed by atoms with Crippen LogP contribution < -0.4 is 10.7 Å². The molecule has 2 aliphatic rings. The van der Waals surface area contributed by atoms with Crippen molar-refractivity contribution in [2.24, 2.45) is 11.3 Å². The molecule has 140 valence electrons. The highest BCUT2D eigenvalue weighted by atomic mass is 16.1. The first-order chi connectivity index (χ1) is 12.9. The second-order valence-corrected chi connectivity index (χ2v) is 8.01. The number of aromatic amines is 1. The molecule has 0 bridgehead atoms. The molecule has 0 saturated carbocycles. The zero-order chi connectivity index (χ0) is 19.0. The van der Waals surface area contributed by atoms with Gasteiger partial charge in [-0.2, -0.15) is 0 Å². The number of hydrogen-bond donors (Lipinski definition) is 3. The number of H-pyrrole nitrogens is 1. The van der Waals surface area contributed by atoms with Crippen LogP contribution in [0, 0.1) is 11.3 Å². The van der Waals surface area contributed by atoms with Gasteiger partial charge in [0.05, 0.1) is 24.4 Å². The molecule has 2 aromatic rings. The molecule has 1 aliphatic carbocycles. The quantitative estimate of drug-likeness (QED) is 0.779. The second kappa shape index (κ2) is 6.57. The molecule has 2 atom stereocenters. The molecule has 4 rings (SSSR count). The summed E-state index contributed by atoms with van der Waals surface area (Å²) >= 11 is 0. The average Bonchev–Trinajstić information content (AvgIpc) is 3.29. The van der Waals surface area contributed by atoms with Crippen molar-refractivity contribution in [2.45, 2.75) is 33.2 Å². The minimum absolute atomic E-state index is 0.0175. The predicted molar refractivity (Wildman–Crippen MR) is 105 cm³/mol. The number of carbonyl (C=O) groups is 1. The Hall–Kier alpha value is -3.09. The van der Waals surface area contributed by atoms with Gasteiger partial charge >= 0.3 is 0 Å². The first-order valence-corrected chi connectivity index (χ1v) is 9.12. The Bertz CT molecular complexity index is 926. The fourth-order valence-electron chi connectivity index (χ4n) is 3.28. The van der Waals surface area contributed by atoms with Gasteiger partial charge in [-0.25, -0.2) is 14.6 Å². The highest BCUT2D eigenvalue weighted by Gasteiger charge is 2.24. The number of anilines is 1. The SMILES string of the molecule is CC(C)(C)C1C=CC(C(=O)Nc2cn3c(n2)C=CC(c2cnc[nH]2)N3)=CC1. The number of carbonyl (C=O) groups excluding carboxylic acids is 1. The summed E-state index contributed by atoms with van der Waals surface area (Å²) in [4.78, 5) is 24.2. The van der Waals surface area contributed by atoms with Crippen LogP contribution >= 0.6 is 0 Å². The van der Waals surface area contributed by atoms with E-state index in [2.05, 4.69) is 52.5 Å². The van der Waals surface area contributed by atoms with Crippen LogP contribution in [0.5, 0.6) is 0 Å². The van der Waals surface area contributed by atoms with Crippen LogP contribution in [-0.4, -0.2) is 25.5 Å². The molecular weight excluding hydrogens is 340 g/mol. The maximum atomic E-state index is 12.6. The Balaban J connectivity index is 1.42. The number of fused-ring (bicyclic) bond motifs is 1. The summed E-state index contributed by atoms with van der Waals surface area (Å²) in [5.41, 5.74) is 5.15. The zero-order valence-corrected chi connectivity index (χ0v) is 15.7. The highest BCUT2D eigenvalue weighted by molar-refractivity contribution is 6.05. The van der Waals surface area contributed by atoms with Crippen LogP contribution in [0.4, 0.5) is 5.82 Å². The maximum absolute atomic E-state index is 12.6. The summed E-state index contributed by atoms with van der Waals surface area (Å²) in [5, 5.41) is 2.89. The predicted octanol–water partition coefficient (Wildman–Crippen LogP) is 3.40. The summed E-state index contributed by atoms with van der Waals surface area (Å²) in [7, 11) is 0. The Morgan fingerprint density at radius 2 is 2.15 bits per heavy atom. The summed E-state index contributed by atoms with van der Waals surface area (Å²) < 4.78 is 1.81. The molecule has 1 amide bonds. The first kappa shape index (κ1) is 17.3. The molecule has 0 saturated heterocycles. The summed E-state index contributed by atoms with van der Waals surface area (Å²) in [5.74, 6) is 1.57. The van der Waals surface area contributed by atoms with Crippen LogP contribution in [0.25, 0.3) is 6.08 Å². The van der Waals surface area contributed by atoms with Gasteiger partial charge in [0, 0.05) is 5.57 Å². The van der Waals surface area contributed by atoms with Gasteiger partial charge in [-0.1, -0.05) is 45.1 Å². The van der Waals surface area contributed by atoms with Gasteiger partial charge < -0.3 is 15.7 Å². The van der Waals surface area contributed by atoms with E-state index in [1.807, 2.05) is 29.0 Å². The van der Waals surface area contributed by atoms with Gasteiger partial charge in [0.2, 0.25) is 0 Å². The van der Waals surface area contributed by atoms with E-state index in [4.69, 9.17) is 0 Å². The van der Waals surface area contributed by atoms with Crippen LogP contribution in [-0.2, 0) is 4.79 Å². The summed E-state index contributed by atoms with van der Waals surface area (Å²) in [6.45, 7) is 6.65. The fourth-order valence-corrected chi connectivity index (χ4v) is 3.28. The monoisotopic (exact) mass is 364 g/mol. The number of imidazole rings is 2. The van der Waals surface area contributed by atoms with Gasteiger partial charge in [0.25, 0.3) is 5.91 Å². The van der Waals surface area contributed by atoms with E-state index in [1.54, 1.807) is 18.7 Å². The Morgan fingerprint density at radius 1 is 1.30 bits per heavy atom. The molecule has 3 N–H and O–H groups in total. The third-order valence-corrected chi connectivity index (χ3v) is 5.02. The number of amides is 1. The van der Waals surface area contributed by atoms with Crippen LogP contribution in [0.2, 0.25) is 0 Å². The van der Waals surface area contributed by atoms with E-state index in [0.717, 1.165) is 17.9 Å². The van der Waals surface area contributed by atoms with Crippen molar-refractivity contribution < 1.29 is 4.79 Å². The van der Waals surface area contributed by atoms with Gasteiger partial charge in [-0.05, 0) is 23.8 Å². The lowest BCUT2D eigenvalue weighted by atomic mass is 9.76. The van der Waals surface area contributed by atoms with Crippen molar-refractivity contribution in [3.63, 3.8) is 0 Å². The number of rotatable bonds is 3. The van der Waals surface area contributed by atoms with E-state index in [0.29, 0.717) is 17.3 Å². The lowest BCUT2D eigenvalue weighted by Crippen LogP contribution is -2.23. The van der Waals surface area contributed by atoms with Crippen molar-refractivity contribution in [2.75, 3.05) is 10.7 Å². The molecule has 27 heavy (non-hydrogen) atoms. The minimum Gasteiger partial charge on any atom is -0.346 e. The molecule has 7 heteroatoms. The smallest absolute Gasteiger partial charge is 0.256 e. The van der Waals surface area contributed by atoms with Crippen molar-refractivity contribution in [1.82, 2.24) is 19.6 Å². The van der Waals surface area contributed by atoms with Crippen LogP contribution in [0.3, 0.4) is 0 Å². The van der Waals surface area contributed by atoms with Gasteiger partial charge in [0.1, 0.15) is 6.04 Å². The Kier molecular flexibility index (Phi) is 4.22. The fraction of sp³-hybridized carbons (Fsp3) is 0.350. The minimum atomic E-state index is -0.136. The normalized spacial score (nSPS) is 21.4. The number of nitrogens with one attached hydrogen (secondary N) is 3. The van der Waals surface area contributed by atoms with Gasteiger partial charge in [-0.3, -0.25) is 4.79 Å². The van der Waals surface area contributed by atoms with Crippen LogP contribution in [0.15, 0.2) is 48.6 Å². The van der Waals surface area contributed by atoms with E-state index in [1.165, 1.54) is 0 Å². The molecular formula is C20H24N6O. The molecule has 2 aromatic heterocycles. The average molecular weight is 364 g/mol. The Labute approximate surface area is 158 Å². The largest absolute Gasteiger partial charge is 0.346 e. The summed E-state index contributed by atoms with van der Waals surface area (Å²) in [6.07, 6.45) is 16.1. The maximum Gasteiger partial charge on any atom is 0.256 e. The zero-order valence-electron chi connectivity index (χ0n) is 15.7. The number of allylic oxidation sites excluding steroid dienone is 2. The summed E-state index contributed by atoms with van der Waals surface area (Å²) in [6, 6.07) is -0.0175. The number of aromatic nitrogens is 4. The highest BCUT2D eigenvalue weighted by Crippen LogP contribution is 2.33. The lowest BCUT2D eigenvalue weighted by molar-refractivity contribution is -0.112. The van der Waals surface area contributed by atoms with Crippen molar-refractivity contribution >= 4 is 17.8 Å². The molecule has 0 fully saturated rings. The van der Waals surface area contributed by atoms with Crippen molar-refractivity contribution in [1.29, 1.82) is 0 Å². The molecule has 2 unspecified atom stereocenters. The Morgan fingerprint density at radius 3 is 2.81 bits per heavy atom. The molecule has 3 heterocycles. The second-order valence-electron chi connectivity index (χ2n) is 8.01. The van der Waals surface area contributed by atoms with Gasteiger partial charge in [-0.15, -0.1) is 0 Å². The number of hydrogen-bond acceptors (Lipinski definition) is 4. The van der Waals surface area contributed by atoms with E-state index in [9.17, 15) is 4.79 Å². The third-order valence-electron chi connectivity index (χ3n) is 5.02. The van der Waals surface area contributed by atoms with Crippen LogP contribution in [0.1, 0.15) is 44.8 Å². The number of nitrogens with zero attached hydrogens (tertiary/aromatic N) is 3. The molecule has 7 nitrogen and oxygen atoms in total.